The minimum atomic E-state index is -0.452. The number of carbonyl (C=O) groups is 1. The first kappa shape index (κ1) is 14.9. The molecule has 0 aromatic heterocycles. The Labute approximate surface area is 120 Å². The number of nitrogens with one attached hydrogen (secondary N) is 2. The van der Waals surface area contributed by atoms with E-state index in [1.165, 1.54) is 25.7 Å². The van der Waals surface area contributed by atoms with E-state index in [2.05, 4.69) is 10.6 Å². The van der Waals surface area contributed by atoms with Gasteiger partial charge in [-0.05, 0) is 36.8 Å². The molecule has 20 heavy (non-hydrogen) atoms. The SMILES string of the molecule is C[C@@H](O)c1ccc(CNC(=O)NCC2CCCC2)cc1. The number of urea groups is 1. The topological polar surface area (TPSA) is 61.4 Å². The van der Waals surface area contributed by atoms with Crippen molar-refractivity contribution in [2.24, 2.45) is 5.92 Å². The van der Waals surface area contributed by atoms with Gasteiger partial charge in [0.25, 0.3) is 0 Å². The summed E-state index contributed by atoms with van der Waals surface area (Å²) in [7, 11) is 0. The van der Waals surface area contributed by atoms with Gasteiger partial charge in [-0.15, -0.1) is 0 Å². The quantitative estimate of drug-likeness (QED) is 0.774. The molecule has 0 saturated heterocycles. The van der Waals surface area contributed by atoms with E-state index in [0.29, 0.717) is 12.5 Å². The molecule has 0 spiro atoms. The van der Waals surface area contributed by atoms with Crippen LogP contribution < -0.4 is 10.6 Å². The molecule has 2 rings (SSSR count). The molecule has 2 amide bonds. The maximum Gasteiger partial charge on any atom is 0.315 e. The van der Waals surface area contributed by atoms with E-state index < -0.39 is 6.10 Å². The van der Waals surface area contributed by atoms with Crippen molar-refractivity contribution in [2.45, 2.75) is 45.3 Å². The van der Waals surface area contributed by atoms with Gasteiger partial charge < -0.3 is 15.7 Å². The van der Waals surface area contributed by atoms with Gasteiger partial charge in [-0.2, -0.15) is 0 Å². The minimum absolute atomic E-state index is 0.100. The first-order chi connectivity index (χ1) is 9.65. The average molecular weight is 276 g/mol. The second-order valence-electron chi connectivity index (χ2n) is 5.63. The van der Waals surface area contributed by atoms with Crippen molar-refractivity contribution in [2.75, 3.05) is 6.54 Å². The Balaban J connectivity index is 1.69. The first-order valence-electron chi connectivity index (χ1n) is 7.44. The van der Waals surface area contributed by atoms with Gasteiger partial charge in [-0.3, -0.25) is 0 Å². The number of benzene rings is 1. The molecular weight excluding hydrogens is 252 g/mol. The fraction of sp³-hybridized carbons (Fsp3) is 0.562. The van der Waals surface area contributed by atoms with E-state index in [-0.39, 0.29) is 6.03 Å². The standard InChI is InChI=1S/C16H24N2O2/c1-12(19)15-8-6-14(7-9-15)11-18-16(20)17-10-13-4-2-3-5-13/h6-9,12-13,19H,2-5,10-11H2,1H3,(H2,17,18,20)/t12-/m1/s1. The van der Waals surface area contributed by atoms with E-state index in [1.54, 1.807) is 6.92 Å². The molecule has 3 N–H and O–H groups in total. The zero-order valence-corrected chi connectivity index (χ0v) is 12.1. The van der Waals surface area contributed by atoms with E-state index in [0.717, 1.165) is 17.7 Å². The third-order valence-electron chi connectivity index (χ3n) is 3.94. The molecule has 0 unspecified atom stereocenters. The molecule has 1 aromatic carbocycles. The lowest BCUT2D eigenvalue weighted by atomic mass is 10.1. The first-order valence-corrected chi connectivity index (χ1v) is 7.44. The lowest BCUT2D eigenvalue weighted by Gasteiger charge is -2.12. The number of aliphatic hydroxyl groups is 1. The van der Waals surface area contributed by atoms with Crippen LogP contribution in [-0.2, 0) is 6.54 Å². The van der Waals surface area contributed by atoms with Gasteiger partial charge in [0.2, 0.25) is 0 Å². The predicted octanol–water partition coefficient (Wildman–Crippen LogP) is 2.73. The summed E-state index contributed by atoms with van der Waals surface area (Å²) in [5.74, 6) is 0.658. The molecule has 1 aliphatic rings. The number of rotatable bonds is 5. The van der Waals surface area contributed by atoms with Crippen LogP contribution in [0.25, 0.3) is 0 Å². The van der Waals surface area contributed by atoms with E-state index in [1.807, 2.05) is 24.3 Å². The Morgan fingerprint density at radius 1 is 1.25 bits per heavy atom. The summed E-state index contributed by atoms with van der Waals surface area (Å²) in [6, 6.07) is 7.53. The lowest BCUT2D eigenvalue weighted by Crippen LogP contribution is -2.37. The van der Waals surface area contributed by atoms with Crippen molar-refractivity contribution in [1.29, 1.82) is 0 Å². The zero-order chi connectivity index (χ0) is 14.4. The highest BCUT2D eigenvalue weighted by atomic mass is 16.3. The maximum atomic E-state index is 11.7. The molecule has 4 nitrogen and oxygen atoms in total. The Morgan fingerprint density at radius 3 is 2.50 bits per heavy atom. The molecule has 1 atom stereocenters. The van der Waals surface area contributed by atoms with Crippen LogP contribution in [0.5, 0.6) is 0 Å². The minimum Gasteiger partial charge on any atom is -0.389 e. The highest BCUT2D eigenvalue weighted by Crippen LogP contribution is 2.23. The van der Waals surface area contributed by atoms with Crippen LogP contribution in [0.2, 0.25) is 0 Å². The Morgan fingerprint density at radius 2 is 1.90 bits per heavy atom. The van der Waals surface area contributed by atoms with E-state index in [9.17, 15) is 9.90 Å². The van der Waals surface area contributed by atoms with Gasteiger partial charge in [0.05, 0.1) is 6.10 Å². The van der Waals surface area contributed by atoms with Crippen molar-refractivity contribution in [3.8, 4) is 0 Å². The van der Waals surface area contributed by atoms with Gasteiger partial charge in [0, 0.05) is 13.1 Å². The molecular formula is C16H24N2O2. The van der Waals surface area contributed by atoms with Crippen molar-refractivity contribution in [3.63, 3.8) is 0 Å². The summed E-state index contributed by atoms with van der Waals surface area (Å²) in [4.78, 5) is 11.7. The van der Waals surface area contributed by atoms with Crippen LogP contribution in [0.4, 0.5) is 4.79 Å². The van der Waals surface area contributed by atoms with Crippen LogP contribution in [-0.4, -0.2) is 17.7 Å². The highest BCUT2D eigenvalue weighted by molar-refractivity contribution is 5.73. The number of hydrogen-bond donors (Lipinski definition) is 3. The summed E-state index contributed by atoms with van der Waals surface area (Å²) >= 11 is 0. The normalized spacial score (nSPS) is 16.9. The van der Waals surface area contributed by atoms with Crippen molar-refractivity contribution < 1.29 is 9.90 Å². The third-order valence-corrected chi connectivity index (χ3v) is 3.94. The van der Waals surface area contributed by atoms with Gasteiger partial charge in [0.1, 0.15) is 0 Å². The van der Waals surface area contributed by atoms with Gasteiger partial charge in [0.15, 0.2) is 0 Å². The summed E-state index contributed by atoms with van der Waals surface area (Å²) in [5, 5.41) is 15.2. The van der Waals surface area contributed by atoms with Gasteiger partial charge in [-0.25, -0.2) is 4.79 Å². The maximum absolute atomic E-state index is 11.7. The molecule has 110 valence electrons. The van der Waals surface area contributed by atoms with Crippen LogP contribution in [0.1, 0.15) is 49.8 Å². The van der Waals surface area contributed by atoms with Crippen molar-refractivity contribution in [1.82, 2.24) is 10.6 Å². The number of aliphatic hydroxyl groups excluding tert-OH is 1. The van der Waals surface area contributed by atoms with Crippen molar-refractivity contribution >= 4 is 6.03 Å². The average Bonchev–Trinajstić information content (AvgIpc) is 2.96. The molecule has 4 heteroatoms. The van der Waals surface area contributed by atoms with E-state index in [4.69, 9.17) is 0 Å². The lowest BCUT2D eigenvalue weighted by molar-refractivity contribution is 0.199. The smallest absolute Gasteiger partial charge is 0.315 e. The molecule has 1 aromatic rings. The molecule has 0 bridgehead atoms. The van der Waals surface area contributed by atoms with Gasteiger partial charge >= 0.3 is 6.03 Å². The summed E-state index contributed by atoms with van der Waals surface area (Å²) in [6.45, 7) is 3.03. The third kappa shape index (κ3) is 4.53. The van der Waals surface area contributed by atoms with Crippen LogP contribution >= 0.6 is 0 Å². The predicted molar refractivity (Wildman–Crippen MR) is 79.3 cm³/mol. The molecule has 1 saturated carbocycles. The van der Waals surface area contributed by atoms with Gasteiger partial charge in [-0.1, -0.05) is 37.1 Å². The molecule has 0 radical (unpaired) electrons. The number of carbonyl (C=O) groups excluding carboxylic acids is 1. The van der Waals surface area contributed by atoms with Crippen LogP contribution in [0.15, 0.2) is 24.3 Å². The Bertz CT molecular complexity index is 423. The largest absolute Gasteiger partial charge is 0.389 e. The van der Waals surface area contributed by atoms with Crippen LogP contribution in [0.3, 0.4) is 0 Å². The fourth-order valence-electron chi connectivity index (χ4n) is 2.61. The summed E-state index contributed by atoms with van der Waals surface area (Å²) in [5.41, 5.74) is 1.92. The number of amides is 2. The second kappa shape index (κ2) is 7.29. The Kier molecular flexibility index (Phi) is 5.41. The van der Waals surface area contributed by atoms with E-state index >= 15 is 0 Å². The monoisotopic (exact) mass is 276 g/mol. The Hall–Kier alpha value is -1.55. The fourth-order valence-corrected chi connectivity index (χ4v) is 2.61. The second-order valence-corrected chi connectivity index (χ2v) is 5.63. The van der Waals surface area contributed by atoms with Crippen molar-refractivity contribution in [3.05, 3.63) is 35.4 Å². The summed E-state index contributed by atoms with van der Waals surface area (Å²) < 4.78 is 0. The number of hydrogen-bond acceptors (Lipinski definition) is 2. The zero-order valence-electron chi connectivity index (χ0n) is 12.1. The van der Waals surface area contributed by atoms with Crippen LogP contribution in [0, 0.1) is 5.92 Å². The molecule has 1 fully saturated rings. The molecule has 0 aliphatic heterocycles. The molecule has 0 heterocycles. The highest BCUT2D eigenvalue weighted by Gasteiger charge is 2.15. The summed E-state index contributed by atoms with van der Waals surface area (Å²) in [6.07, 6.45) is 4.61. The molecule has 1 aliphatic carbocycles.